The highest BCUT2D eigenvalue weighted by molar-refractivity contribution is 6.36. The van der Waals surface area contributed by atoms with Gasteiger partial charge < -0.3 is 30.2 Å². The summed E-state index contributed by atoms with van der Waals surface area (Å²) in [6.07, 6.45) is 5.55. The normalized spacial score (nSPS) is 16.2. The molecule has 2 saturated heterocycles. The number of anilines is 4. The molecule has 386 valence electrons. The molecule has 0 saturated carbocycles. The molecule has 4 aliphatic heterocycles. The van der Waals surface area contributed by atoms with Gasteiger partial charge in [0.15, 0.2) is 5.82 Å². The summed E-state index contributed by atoms with van der Waals surface area (Å²) >= 11 is 25.3. The van der Waals surface area contributed by atoms with Crippen LogP contribution in [0.4, 0.5) is 27.3 Å². The van der Waals surface area contributed by atoms with Gasteiger partial charge >= 0.3 is 0 Å². The number of rotatable bonds is 12. The van der Waals surface area contributed by atoms with Gasteiger partial charge in [-0.2, -0.15) is 15.3 Å². The van der Waals surface area contributed by atoms with E-state index in [0.29, 0.717) is 49.8 Å². The van der Waals surface area contributed by atoms with Crippen molar-refractivity contribution in [1.82, 2.24) is 35.1 Å². The van der Waals surface area contributed by atoms with Crippen LogP contribution >= 0.6 is 46.4 Å². The number of hydrogen-bond donors (Lipinski definition) is 2. The number of nitrogens with zero attached hydrogens (tertiary/aromatic N) is 9. The lowest BCUT2D eigenvalue weighted by atomic mass is 10.0. The van der Waals surface area contributed by atoms with E-state index in [4.69, 9.17) is 46.4 Å². The maximum absolute atomic E-state index is 14.2. The van der Waals surface area contributed by atoms with E-state index in [0.717, 1.165) is 131 Å². The number of piperazine rings is 1. The van der Waals surface area contributed by atoms with Crippen molar-refractivity contribution >= 4 is 87.0 Å². The zero-order valence-electron chi connectivity index (χ0n) is 41.4. The van der Waals surface area contributed by atoms with Crippen molar-refractivity contribution in [3.8, 4) is 0 Å². The number of fused-ring (bicyclic) bond motifs is 2. The summed E-state index contributed by atoms with van der Waals surface area (Å²) in [6, 6.07) is 26.5. The van der Waals surface area contributed by atoms with Crippen molar-refractivity contribution in [2.24, 2.45) is 0 Å². The molecule has 10 rings (SSSR count). The van der Waals surface area contributed by atoms with Crippen molar-refractivity contribution in [3.63, 3.8) is 0 Å². The molecule has 0 radical (unpaired) electrons. The van der Waals surface area contributed by atoms with Gasteiger partial charge in [0.2, 0.25) is 5.91 Å². The third kappa shape index (κ3) is 12.9. The van der Waals surface area contributed by atoms with E-state index in [1.54, 1.807) is 36.4 Å². The predicted octanol–water partition coefficient (Wildman–Crippen LogP) is 10.6. The van der Waals surface area contributed by atoms with Gasteiger partial charge in [0.05, 0.1) is 45.9 Å². The number of aryl methyl sites for hydroxylation is 2. The smallest absolute Gasteiger partial charge is 0.256 e. The van der Waals surface area contributed by atoms with E-state index in [2.05, 4.69) is 63.7 Å². The Labute approximate surface area is 451 Å². The van der Waals surface area contributed by atoms with Crippen molar-refractivity contribution < 1.29 is 18.8 Å². The second-order valence-electron chi connectivity index (χ2n) is 19.3. The van der Waals surface area contributed by atoms with Gasteiger partial charge in [0, 0.05) is 109 Å². The highest BCUT2D eigenvalue weighted by Gasteiger charge is 2.29. The fourth-order valence-electron chi connectivity index (χ4n) is 9.96. The van der Waals surface area contributed by atoms with Gasteiger partial charge in [-0.1, -0.05) is 64.6 Å². The van der Waals surface area contributed by atoms with Crippen molar-refractivity contribution in [3.05, 3.63) is 162 Å². The van der Waals surface area contributed by atoms with Gasteiger partial charge in [-0.25, -0.2) is 4.39 Å². The van der Waals surface area contributed by atoms with Crippen LogP contribution in [-0.2, 0) is 37.1 Å². The fourth-order valence-corrected chi connectivity index (χ4v) is 11.0. The molecule has 0 spiro atoms. The molecule has 6 heterocycles. The molecule has 2 N–H and O–H groups in total. The summed E-state index contributed by atoms with van der Waals surface area (Å²) in [5.74, 6) is -0.684. The fraction of sp³-hybridized carbons (Fsp3) is 0.364. The standard InChI is InChI=1S/C29H33Cl2FN6O.C26H25Cl2N5O2/c1-19(28-23(30)8-9-24(32)29(28)31)38-10-4-7-25-26(38)16-22(34-35-25)17-27(39)33-21-6-3-5-20(15-21)18-37-13-11-36(2)12-14-37;27-20-8-9-21(28)19(14-20)16-33-12-4-7-22-23(33)15-24(31-30-22)29-25(34)17-5-3-6-18(13-17)26(35)32-10-1-2-11-32/h3,5-6,8-9,15-16,19H,4,7,10-14,17-18H2,1-2H3,(H,33,39);3,5-6,8-9,13-15H,1-2,4,7,10-12,16H2,(H,29,31,34). The van der Waals surface area contributed by atoms with E-state index in [1.165, 1.54) is 17.7 Å². The lowest BCUT2D eigenvalue weighted by Crippen LogP contribution is -2.43. The molecule has 74 heavy (non-hydrogen) atoms. The summed E-state index contributed by atoms with van der Waals surface area (Å²) in [5, 5.41) is 24.9. The van der Waals surface area contributed by atoms with Crippen LogP contribution in [0.3, 0.4) is 0 Å². The number of nitrogens with one attached hydrogen (secondary N) is 2. The largest absolute Gasteiger partial charge is 0.365 e. The van der Waals surface area contributed by atoms with Gasteiger partial charge in [-0.05, 0) is 130 Å². The molecule has 14 nitrogen and oxygen atoms in total. The number of hydrogen-bond acceptors (Lipinski definition) is 11. The second kappa shape index (κ2) is 24.2. The van der Waals surface area contributed by atoms with Crippen LogP contribution in [-0.4, -0.2) is 112 Å². The minimum absolute atomic E-state index is 0.0265. The van der Waals surface area contributed by atoms with E-state index >= 15 is 0 Å². The van der Waals surface area contributed by atoms with Crippen LogP contribution in [0.15, 0.2) is 91.0 Å². The maximum Gasteiger partial charge on any atom is 0.256 e. The van der Waals surface area contributed by atoms with Crippen molar-refractivity contribution in [2.75, 3.05) is 79.8 Å². The Morgan fingerprint density at radius 2 is 1.39 bits per heavy atom. The summed E-state index contributed by atoms with van der Waals surface area (Å²) in [4.78, 5) is 49.6. The summed E-state index contributed by atoms with van der Waals surface area (Å²) < 4.78 is 14.2. The first kappa shape index (κ1) is 52.9. The number of aromatic nitrogens is 4. The van der Waals surface area contributed by atoms with Gasteiger partial charge in [-0.15, -0.1) is 5.10 Å². The molecular weight excluding hydrogens is 1020 g/mol. The number of halogens is 5. The van der Waals surface area contributed by atoms with Crippen LogP contribution in [0.1, 0.15) is 93.1 Å². The molecule has 3 amide bonds. The Balaban J connectivity index is 0.000000183. The van der Waals surface area contributed by atoms with Crippen LogP contribution in [0.2, 0.25) is 20.1 Å². The third-order valence-corrected chi connectivity index (χ3v) is 15.3. The molecule has 2 aromatic heterocycles. The lowest BCUT2D eigenvalue weighted by molar-refractivity contribution is -0.115. The Morgan fingerprint density at radius 3 is 2.19 bits per heavy atom. The average Bonchev–Trinajstić information content (AvgIpc) is 3.95. The second-order valence-corrected chi connectivity index (χ2v) is 20.9. The molecule has 1 atom stereocenters. The first-order chi connectivity index (χ1) is 35.8. The molecule has 4 aliphatic rings. The zero-order valence-corrected chi connectivity index (χ0v) is 44.4. The minimum atomic E-state index is -0.502. The highest BCUT2D eigenvalue weighted by atomic mass is 35.5. The van der Waals surface area contributed by atoms with Crippen LogP contribution in [0, 0.1) is 5.82 Å². The molecule has 2 fully saturated rings. The van der Waals surface area contributed by atoms with Crippen molar-refractivity contribution in [1.29, 1.82) is 0 Å². The van der Waals surface area contributed by atoms with E-state index in [1.807, 2.05) is 48.2 Å². The van der Waals surface area contributed by atoms with E-state index in [9.17, 15) is 18.8 Å². The number of carbonyl (C=O) groups excluding carboxylic acids is 3. The number of amides is 3. The third-order valence-electron chi connectivity index (χ3n) is 13.9. The SMILES string of the molecule is CC(c1c(Cl)ccc(F)c1Cl)N1CCCc2nnc(CC(=O)Nc3cccc(CN4CCN(C)CC4)c3)cc21.O=C(Nc1cc2c(nn1)CCCN2Cc1cc(Cl)ccc1Cl)c1cccc(C(=O)N2CCCC2)c1. The van der Waals surface area contributed by atoms with Crippen LogP contribution in [0.5, 0.6) is 0 Å². The monoisotopic (exact) mass is 1080 g/mol. The Hall–Kier alpha value is -5.94. The molecule has 0 aliphatic carbocycles. The van der Waals surface area contributed by atoms with Crippen molar-refractivity contribution in [2.45, 2.75) is 71.0 Å². The van der Waals surface area contributed by atoms with Gasteiger partial charge in [-0.3, -0.25) is 19.3 Å². The molecule has 0 bridgehead atoms. The van der Waals surface area contributed by atoms with Crippen LogP contribution < -0.4 is 20.4 Å². The zero-order chi connectivity index (χ0) is 51.9. The number of carbonyl (C=O) groups is 3. The van der Waals surface area contributed by atoms with E-state index < -0.39 is 5.82 Å². The predicted molar refractivity (Wildman–Crippen MR) is 291 cm³/mol. The van der Waals surface area contributed by atoms with E-state index in [-0.39, 0.29) is 35.2 Å². The molecule has 6 aromatic rings. The maximum atomic E-state index is 14.2. The summed E-state index contributed by atoms with van der Waals surface area (Å²) in [5.41, 5.74) is 8.39. The topological polar surface area (TPSA) is 143 Å². The Bertz CT molecular complexity index is 3030. The lowest BCUT2D eigenvalue weighted by Gasteiger charge is -2.36. The van der Waals surface area contributed by atoms with Gasteiger partial charge in [0.1, 0.15) is 5.82 Å². The quantitative estimate of drug-likeness (QED) is 0.113. The Morgan fingerprint density at radius 1 is 0.676 bits per heavy atom. The minimum Gasteiger partial charge on any atom is -0.365 e. The molecule has 1 unspecified atom stereocenters. The van der Waals surface area contributed by atoms with Crippen LogP contribution in [0.25, 0.3) is 0 Å². The summed E-state index contributed by atoms with van der Waals surface area (Å²) in [6.45, 7) is 10.7. The highest BCUT2D eigenvalue weighted by Crippen LogP contribution is 2.40. The molecular formula is C55H58Cl4FN11O3. The number of likely N-dealkylation sites (tertiary alicyclic amines) is 1. The molecule has 19 heteroatoms. The average molecular weight is 1080 g/mol. The van der Waals surface area contributed by atoms with Gasteiger partial charge in [0.25, 0.3) is 11.8 Å². The first-order valence-corrected chi connectivity index (χ1v) is 26.6. The first-order valence-electron chi connectivity index (χ1n) is 25.1. The Kier molecular flexibility index (Phi) is 17.3. The number of likely N-dealkylation sites (N-methyl/N-ethyl adjacent to an activating group) is 1. The summed E-state index contributed by atoms with van der Waals surface area (Å²) in [7, 11) is 2.15. The molecule has 4 aromatic carbocycles. The number of benzene rings is 4.